The van der Waals surface area contributed by atoms with E-state index < -0.39 is 42.7 Å². The van der Waals surface area contributed by atoms with Crippen LogP contribution in [0.1, 0.15) is 20.3 Å². The summed E-state index contributed by atoms with van der Waals surface area (Å²) in [5, 5.41) is 40.6. The summed E-state index contributed by atoms with van der Waals surface area (Å²) in [6, 6.07) is 10.5. The fourth-order valence-electron chi connectivity index (χ4n) is 3.74. The van der Waals surface area contributed by atoms with E-state index in [1.807, 2.05) is 12.1 Å². The zero-order valence-electron chi connectivity index (χ0n) is 19.5. The first-order valence-electron chi connectivity index (χ1n) is 11.2. The van der Waals surface area contributed by atoms with Crippen molar-refractivity contribution in [2.24, 2.45) is 5.41 Å². The van der Waals surface area contributed by atoms with Crippen molar-refractivity contribution >= 4 is 43.1 Å². The third kappa shape index (κ3) is 5.33. The van der Waals surface area contributed by atoms with Gasteiger partial charge >= 0.3 is 0 Å². The zero-order valence-corrected chi connectivity index (χ0v) is 21.1. The molecule has 1 fully saturated rings. The lowest BCUT2D eigenvalue weighted by molar-refractivity contribution is -0.226. The molecule has 190 valence electrons. The van der Waals surface area contributed by atoms with E-state index in [0.717, 1.165) is 4.70 Å². The van der Waals surface area contributed by atoms with E-state index in [0.29, 0.717) is 32.7 Å². The highest BCUT2D eigenvalue weighted by molar-refractivity contribution is 7.25. The van der Waals surface area contributed by atoms with Crippen LogP contribution >= 0.6 is 22.9 Å². The van der Waals surface area contributed by atoms with Crippen LogP contribution in [0.3, 0.4) is 0 Å². The van der Waals surface area contributed by atoms with Gasteiger partial charge in [-0.2, -0.15) is 0 Å². The minimum absolute atomic E-state index is 0.0604. The number of halogens is 1. The van der Waals surface area contributed by atoms with Crippen molar-refractivity contribution in [1.29, 1.82) is 0 Å². The summed E-state index contributed by atoms with van der Waals surface area (Å²) in [6.07, 6.45) is 0.0377. The quantitative estimate of drug-likeness (QED) is 0.223. The van der Waals surface area contributed by atoms with E-state index in [9.17, 15) is 25.2 Å². The minimum Gasteiger partial charge on any atom is -0.486 e. The topological polar surface area (TPSA) is 126 Å². The third-order valence-corrected chi connectivity index (χ3v) is 7.86. The smallest absolute Gasteiger partial charge is 0.197 e. The molecular formula is C25H29ClO8S. The number of hydrogen-bond donors (Lipinski definition) is 4. The Bertz CT molecular complexity index is 1260. The van der Waals surface area contributed by atoms with Crippen LogP contribution in [0.2, 0.25) is 5.02 Å². The first-order chi connectivity index (χ1) is 16.6. The van der Waals surface area contributed by atoms with Gasteiger partial charge in [0.2, 0.25) is 0 Å². The maximum atomic E-state index is 13.0. The van der Waals surface area contributed by atoms with Crippen LogP contribution in [0.5, 0.6) is 5.75 Å². The Kier molecular flexibility index (Phi) is 7.43. The summed E-state index contributed by atoms with van der Waals surface area (Å²) < 4.78 is 18.9. The van der Waals surface area contributed by atoms with Gasteiger partial charge in [0, 0.05) is 16.5 Å². The van der Waals surface area contributed by atoms with Gasteiger partial charge in [-0.15, -0.1) is 11.3 Å². The van der Waals surface area contributed by atoms with Crippen LogP contribution in [-0.2, 0) is 9.47 Å². The fourth-order valence-corrected chi connectivity index (χ4v) is 5.21. The van der Waals surface area contributed by atoms with Gasteiger partial charge in [0.25, 0.3) is 0 Å². The molecule has 4 N–H and O–H groups in total. The summed E-state index contributed by atoms with van der Waals surface area (Å²) in [6.45, 7) is 1.71. The van der Waals surface area contributed by atoms with E-state index >= 15 is 0 Å². The lowest BCUT2D eigenvalue weighted by Gasteiger charge is -2.30. The van der Waals surface area contributed by atoms with E-state index in [1.165, 1.54) is 18.3 Å². The van der Waals surface area contributed by atoms with Gasteiger partial charge in [-0.25, -0.2) is 0 Å². The van der Waals surface area contributed by atoms with Crippen molar-refractivity contribution in [2.45, 2.75) is 37.8 Å². The first-order valence-corrected chi connectivity index (χ1v) is 12.4. The molecule has 1 aliphatic rings. The van der Waals surface area contributed by atoms with Crippen molar-refractivity contribution in [3.63, 3.8) is 0 Å². The molecule has 0 amide bonds. The summed E-state index contributed by atoms with van der Waals surface area (Å²) >= 11 is 7.73. The summed E-state index contributed by atoms with van der Waals surface area (Å²) in [7, 11) is 0. The number of aliphatic hydroxyl groups excluding tert-OH is 3. The average Bonchev–Trinajstić information content (AvgIpc) is 3.47. The maximum absolute atomic E-state index is 13.0. The standard InChI is InChI=1S/C25H29ClO8S/c1-23(33-14-25(10-27,11-28)12-29)9-19(23)34-24(2,31)13-32-17-8-7-16(26)20-21(30)15-5-3-4-6-18(15)35-22(17)20/h3-8,19,27-29,31H,9-14H2,1-2H3. The number of fused-ring (bicyclic) bond motifs is 2. The van der Waals surface area contributed by atoms with Crippen LogP contribution in [0.15, 0.2) is 41.2 Å². The van der Waals surface area contributed by atoms with E-state index in [2.05, 4.69) is 0 Å². The Morgan fingerprint density at radius 1 is 1.11 bits per heavy atom. The highest BCUT2D eigenvalue weighted by atomic mass is 35.5. The van der Waals surface area contributed by atoms with E-state index in [1.54, 1.807) is 31.2 Å². The van der Waals surface area contributed by atoms with Crippen LogP contribution in [-0.4, -0.2) is 71.0 Å². The van der Waals surface area contributed by atoms with Gasteiger partial charge in [0.05, 0.1) is 58.7 Å². The predicted octanol–water partition coefficient (Wildman–Crippen LogP) is 2.68. The molecule has 1 saturated carbocycles. The molecule has 2 aromatic carbocycles. The van der Waals surface area contributed by atoms with Crippen molar-refractivity contribution in [1.82, 2.24) is 0 Å². The van der Waals surface area contributed by atoms with Gasteiger partial charge in [-0.05, 0) is 38.1 Å². The highest BCUT2D eigenvalue weighted by Gasteiger charge is 2.56. The minimum atomic E-state index is -1.67. The molecule has 4 rings (SSSR count). The Hall–Kier alpha value is -1.82. The number of hydrogen-bond acceptors (Lipinski definition) is 9. The molecule has 0 radical (unpaired) electrons. The fraction of sp³-hybridized carbons (Fsp3) is 0.480. The van der Waals surface area contributed by atoms with Gasteiger partial charge in [-0.1, -0.05) is 23.7 Å². The Morgan fingerprint density at radius 2 is 1.80 bits per heavy atom. The zero-order chi connectivity index (χ0) is 25.4. The second-order valence-corrected chi connectivity index (χ2v) is 11.0. The molecule has 8 nitrogen and oxygen atoms in total. The monoisotopic (exact) mass is 524 g/mol. The van der Waals surface area contributed by atoms with E-state index in [-0.39, 0.29) is 18.6 Å². The molecule has 1 heterocycles. The molecule has 10 heteroatoms. The number of aliphatic hydroxyl groups is 4. The van der Waals surface area contributed by atoms with E-state index in [4.69, 9.17) is 25.8 Å². The number of benzene rings is 2. The Morgan fingerprint density at radius 3 is 2.49 bits per heavy atom. The third-order valence-electron chi connectivity index (χ3n) is 6.36. The van der Waals surface area contributed by atoms with Crippen LogP contribution < -0.4 is 10.2 Å². The number of ether oxygens (including phenoxy) is 3. The molecule has 1 aromatic heterocycles. The molecule has 1 aliphatic carbocycles. The van der Waals surface area contributed by atoms with Gasteiger partial charge in [0.15, 0.2) is 11.2 Å². The molecular weight excluding hydrogens is 496 g/mol. The maximum Gasteiger partial charge on any atom is 0.197 e. The first kappa shape index (κ1) is 26.2. The molecule has 3 aromatic rings. The van der Waals surface area contributed by atoms with Gasteiger partial charge in [-0.3, -0.25) is 4.79 Å². The Labute approximate surface area is 211 Å². The van der Waals surface area contributed by atoms with Gasteiger partial charge in [0.1, 0.15) is 12.4 Å². The van der Waals surface area contributed by atoms with Crippen LogP contribution in [0.25, 0.3) is 20.2 Å². The number of rotatable bonds is 11. The second-order valence-electron chi connectivity index (χ2n) is 9.53. The van der Waals surface area contributed by atoms with Crippen molar-refractivity contribution in [3.8, 4) is 5.75 Å². The molecule has 0 aliphatic heterocycles. The largest absolute Gasteiger partial charge is 0.486 e. The molecule has 0 saturated heterocycles. The summed E-state index contributed by atoms with van der Waals surface area (Å²) in [5.74, 6) is -1.25. The summed E-state index contributed by atoms with van der Waals surface area (Å²) in [5.41, 5.74) is -2.06. The Balaban J connectivity index is 1.46. The molecule has 0 bridgehead atoms. The SMILES string of the molecule is CC(O)(COc1ccc(Cl)c2c(=O)c3ccccc3sc12)OC1CC1(C)OCC(CO)(CO)CO. The predicted molar refractivity (Wildman–Crippen MR) is 134 cm³/mol. The van der Waals surface area contributed by atoms with Crippen LogP contribution in [0, 0.1) is 5.41 Å². The normalized spacial score (nSPS) is 21.9. The van der Waals surface area contributed by atoms with Crippen molar-refractivity contribution in [2.75, 3.05) is 33.0 Å². The highest BCUT2D eigenvalue weighted by Crippen LogP contribution is 2.45. The lowest BCUT2D eigenvalue weighted by atomic mass is 9.92. The second kappa shape index (κ2) is 9.91. The molecule has 35 heavy (non-hydrogen) atoms. The molecule has 3 unspecified atom stereocenters. The summed E-state index contributed by atoms with van der Waals surface area (Å²) in [4.78, 5) is 13.0. The van der Waals surface area contributed by atoms with Crippen molar-refractivity contribution < 1.29 is 34.6 Å². The average molecular weight is 525 g/mol. The van der Waals surface area contributed by atoms with Crippen LogP contribution in [0.4, 0.5) is 0 Å². The van der Waals surface area contributed by atoms with Gasteiger partial charge < -0.3 is 34.6 Å². The molecule has 3 atom stereocenters. The molecule has 0 spiro atoms. The van der Waals surface area contributed by atoms with Crippen molar-refractivity contribution in [3.05, 3.63) is 51.6 Å². The lowest BCUT2D eigenvalue weighted by Crippen LogP contribution is -2.42.